The molecule has 5 heteroatoms. The second-order valence-corrected chi connectivity index (χ2v) is 6.96. The molecule has 0 saturated carbocycles. The summed E-state index contributed by atoms with van der Waals surface area (Å²) in [5.41, 5.74) is 3.19. The second-order valence-electron chi connectivity index (χ2n) is 5.90. The van der Waals surface area contributed by atoms with E-state index in [1.54, 1.807) is 11.3 Å². The van der Waals surface area contributed by atoms with Gasteiger partial charge in [0.2, 0.25) is 5.91 Å². The van der Waals surface area contributed by atoms with Gasteiger partial charge in [-0.3, -0.25) is 4.79 Å². The van der Waals surface area contributed by atoms with Crippen LogP contribution in [0.15, 0.2) is 29.6 Å². The van der Waals surface area contributed by atoms with Crippen molar-refractivity contribution in [2.24, 2.45) is 0 Å². The van der Waals surface area contributed by atoms with E-state index in [1.807, 2.05) is 19.1 Å². The first-order chi connectivity index (χ1) is 11.2. The van der Waals surface area contributed by atoms with Crippen molar-refractivity contribution in [2.75, 3.05) is 6.61 Å². The lowest BCUT2D eigenvalue weighted by Crippen LogP contribution is -2.23. The maximum atomic E-state index is 12.0. The molecule has 122 valence electrons. The smallest absolute Gasteiger partial charge is 0.220 e. The van der Waals surface area contributed by atoms with Gasteiger partial charge in [-0.1, -0.05) is 18.2 Å². The van der Waals surface area contributed by atoms with Crippen molar-refractivity contribution in [3.05, 3.63) is 40.2 Å². The third-order valence-electron chi connectivity index (χ3n) is 4.05. The Morgan fingerprint density at radius 2 is 2.39 bits per heavy atom. The minimum absolute atomic E-state index is 0.0930. The van der Waals surface area contributed by atoms with Gasteiger partial charge < -0.3 is 10.1 Å². The van der Waals surface area contributed by atoms with Crippen LogP contribution in [-0.4, -0.2) is 23.6 Å². The summed E-state index contributed by atoms with van der Waals surface area (Å²) >= 11 is 1.65. The normalized spacial score (nSPS) is 17.3. The highest BCUT2D eigenvalue weighted by molar-refractivity contribution is 7.09. The third-order valence-corrected chi connectivity index (χ3v) is 4.82. The molecule has 1 fully saturated rings. The van der Waals surface area contributed by atoms with Gasteiger partial charge in [0.05, 0.1) is 16.8 Å². The van der Waals surface area contributed by atoms with Crippen molar-refractivity contribution in [3.63, 3.8) is 0 Å². The van der Waals surface area contributed by atoms with Crippen molar-refractivity contribution < 1.29 is 9.53 Å². The van der Waals surface area contributed by atoms with Crippen LogP contribution in [0.2, 0.25) is 0 Å². The number of aryl methyl sites for hydroxylation is 1. The quantitative estimate of drug-likeness (QED) is 0.879. The zero-order valence-electron chi connectivity index (χ0n) is 13.4. The number of thiazole rings is 1. The second kappa shape index (κ2) is 7.70. The first kappa shape index (κ1) is 16.1. The number of hydrogen-bond acceptors (Lipinski definition) is 4. The highest BCUT2D eigenvalue weighted by atomic mass is 32.1. The average molecular weight is 330 g/mol. The Morgan fingerprint density at radius 1 is 1.48 bits per heavy atom. The number of carbonyl (C=O) groups is 1. The molecule has 1 amide bonds. The lowest BCUT2D eigenvalue weighted by Gasteiger charge is -2.10. The van der Waals surface area contributed by atoms with Crippen LogP contribution in [0.3, 0.4) is 0 Å². The maximum absolute atomic E-state index is 12.0. The summed E-state index contributed by atoms with van der Waals surface area (Å²) in [5, 5.41) is 6.12. The van der Waals surface area contributed by atoms with Crippen LogP contribution in [0, 0.1) is 6.92 Å². The molecule has 1 saturated heterocycles. The van der Waals surface area contributed by atoms with E-state index in [0.29, 0.717) is 13.0 Å². The molecule has 1 aliphatic heterocycles. The summed E-state index contributed by atoms with van der Waals surface area (Å²) in [6.07, 6.45) is 3.84. The molecule has 23 heavy (non-hydrogen) atoms. The van der Waals surface area contributed by atoms with E-state index in [-0.39, 0.29) is 12.0 Å². The number of aromatic nitrogens is 1. The van der Waals surface area contributed by atoms with Gasteiger partial charge in [-0.05, 0) is 37.8 Å². The monoisotopic (exact) mass is 330 g/mol. The summed E-state index contributed by atoms with van der Waals surface area (Å²) < 4.78 is 5.55. The van der Waals surface area contributed by atoms with Gasteiger partial charge in [-0.2, -0.15) is 0 Å². The SMILES string of the molecule is Cc1nc(-c2cccc(CNC(=O)CCC3CCCO3)c2)cs1. The molecule has 0 aliphatic carbocycles. The molecule has 1 atom stereocenters. The zero-order chi connectivity index (χ0) is 16.1. The lowest BCUT2D eigenvalue weighted by molar-refractivity contribution is -0.121. The summed E-state index contributed by atoms with van der Waals surface area (Å²) in [5.74, 6) is 0.0930. The predicted molar refractivity (Wildman–Crippen MR) is 92.3 cm³/mol. The summed E-state index contributed by atoms with van der Waals surface area (Å²) in [6, 6.07) is 8.19. The highest BCUT2D eigenvalue weighted by Gasteiger charge is 2.16. The van der Waals surface area contributed by atoms with Gasteiger partial charge in [-0.25, -0.2) is 4.98 Å². The van der Waals surface area contributed by atoms with E-state index in [9.17, 15) is 4.79 Å². The molecular formula is C18H22N2O2S. The Balaban J connectivity index is 1.50. The number of nitrogens with zero attached hydrogens (tertiary/aromatic N) is 1. The van der Waals surface area contributed by atoms with Crippen LogP contribution in [0.4, 0.5) is 0 Å². The largest absolute Gasteiger partial charge is 0.378 e. The number of benzene rings is 1. The molecule has 0 spiro atoms. The summed E-state index contributed by atoms with van der Waals surface area (Å²) in [4.78, 5) is 16.5. The fourth-order valence-electron chi connectivity index (χ4n) is 2.79. The molecule has 1 N–H and O–H groups in total. The van der Waals surface area contributed by atoms with Crippen LogP contribution < -0.4 is 5.32 Å². The standard InChI is InChI=1S/C18H22N2O2S/c1-13-20-17(12-23-13)15-5-2-4-14(10-15)11-19-18(21)8-7-16-6-3-9-22-16/h2,4-5,10,12,16H,3,6-9,11H2,1H3,(H,19,21). The first-order valence-electron chi connectivity index (χ1n) is 8.10. The van der Waals surface area contributed by atoms with E-state index in [0.717, 1.165) is 47.7 Å². The van der Waals surface area contributed by atoms with Gasteiger partial charge in [0.25, 0.3) is 0 Å². The lowest BCUT2D eigenvalue weighted by atomic mass is 10.1. The van der Waals surface area contributed by atoms with Gasteiger partial charge in [0, 0.05) is 30.5 Å². The maximum Gasteiger partial charge on any atom is 0.220 e. The summed E-state index contributed by atoms with van der Waals surface area (Å²) in [6.45, 7) is 3.41. The number of carbonyl (C=O) groups excluding carboxylic acids is 1. The van der Waals surface area contributed by atoms with Crippen molar-refractivity contribution in [2.45, 2.75) is 45.3 Å². The Bertz CT molecular complexity index is 663. The van der Waals surface area contributed by atoms with Gasteiger partial charge in [-0.15, -0.1) is 11.3 Å². The molecule has 4 nitrogen and oxygen atoms in total. The molecule has 1 aliphatic rings. The first-order valence-corrected chi connectivity index (χ1v) is 8.98. The summed E-state index contributed by atoms with van der Waals surface area (Å²) in [7, 11) is 0. The zero-order valence-corrected chi connectivity index (χ0v) is 14.2. The van der Waals surface area contributed by atoms with Crippen molar-refractivity contribution in [1.82, 2.24) is 10.3 Å². The van der Waals surface area contributed by atoms with Crippen molar-refractivity contribution in [3.8, 4) is 11.3 Å². The fourth-order valence-corrected chi connectivity index (χ4v) is 3.41. The number of rotatable bonds is 6. The molecular weight excluding hydrogens is 308 g/mol. The van der Waals surface area contributed by atoms with Crippen LogP contribution >= 0.6 is 11.3 Å². The Kier molecular flexibility index (Phi) is 5.41. The van der Waals surface area contributed by atoms with Gasteiger partial charge in [0.15, 0.2) is 0 Å². The van der Waals surface area contributed by atoms with Crippen LogP contribution in [0.5, 0.6) is 0 Å². The number of amides is 1. The predicted octanol–water partition coefficient (Wildman–Crippen LogP) is 3.69. The average Bonchev–Trinajstić information content (AvgIpc) is 3.23. The van der Waals surface area contributed by atoms with Crippen molar-refractivity contribution >= 4 is 17.2 Å². The topological polar surface area (TPSA) is 51.2 Å². The molecule has 1 aromatic heterocycles. The minimum atomic E-state index is 0.0930. The van der Waals surface area contributed by atoms with Gasteiger partial charge in [0.1, 0.15) is 0 Å². The van der Waals surface area contributed by atoms with E-state index in [2.05, 4.69) is 27.8 Å². The van der Waals surface area contributed by atoms with Crippen LogP contribution in [-0.2, 0) is 16.1 Å². The molecule has 2 heterocycles. The molecule has 0 bridgehead atoms. The van der Waals surface area contributed by atoms with E-state index < -0.39 is 0 Å². The molecule has 0 radical (unpaired) electrons. The Morgan fingerprint density at radius 3 is 3.13 bits per heavy atom. The molecule has 3 rings (SSSR count). The Labute approximate surface area is 140 Å². The number of hydrogen-bond donors (Lipinski definition) is 1. The van der Waals surface area contributed by atoms with Crippen molar-refractivity contribution in [1.29, 1.82) is 0 Å². The van der Waals surface area contributed by atoms with E-state index >= 15 is 0 Å². The van der Waals surface area contributed by atoms with E-state index in [4.69, 9.17) is 4.74 Å². The van der Waals surface area contributed by atoms with E-state index in [1.165, 1.54) is 0 Å². The van der Waals surface area contributed by atoms with Gasteiger partial charge >= 0.3 is 0 Å². The van der Waals surface area contributed by atoms with Crippen LogP contribution in [0.25, 0.3) is 11.3 Å². The highest BCUT2D eigenvalue weighted by Crippen LogP contribution is 2.22. The number of nitrogens with one attached hydrogen (secondary N) is 1. The van der Waals surface area contributed by atoms with Crippen LogP contribution in [0.1, 0.15) is 36.3 Å². The Hall–Kier alpha value is -1.72. The molecule has 1 unspecified atom stereocenters. The fraction of sp³-hybridized carbons (Fsp3) is 0.444. The molecule has 2 aromatic rings. The third kappa shape index (κ3) is 4.62. The molecule has 1 aromatic carbocycles. The number of ether oxygens (including phenoxy) is 1. The minimum Gasteiger partial charge on any atom is -0.378 e.